The van der Waals surface area contributed by atoms with Gasteiger partial charge in [0.1, 0.15) is 5.69 Å². The summed E-state index contributed by atoms with van der Waals surface area (Å²) >= 11 is 5.05. The van der Waals surface area contributed by atoms with Crippen LogP contribution in [-0.4, -0.2) is 16.1 Å². The van der Waals surface area contributed by atoms with Gasteiger partial charge in [-0.25, -0.2) is 0 Å². The Labute approximate surface area is 93.7 Å². The van der Waals surface area contributed by atoms with Gasteiger partial charge in [-0.3, -0.25) is 9.78 Å². The van der Waals surface area contributed by atoms with E-state index < -0.39 is 0 Å². The van der Waals surface area contributed by atoms with Gasteiger partial charge in [0.05, 0.1) is 0 Å². The Bertz CT molecular complexity index is 458. The van der Waals surface area contributed by atoms with Crippen molar-refractivity contribution < 1.29 is 0 Å². The van der Waals surface area contributed by atoms with Gasteiger partial charge >= 0.3 is 0 Å². The third kappa shape index (κ3) is 2.79. The number of aromatic amines is 1. The molecule has 0 saturated heterocycles. The van der Waals surface area contributed by atoms with Gasteiger partial charge in [-0.15, -0.1) is 6.58 Å². The third-order valence-electron chi connectivity index (χ3n) is 1.96. The van der Waals surface area contributed by atoms with Crippen LogP contribution in [0.5, 0.6) is 0 Å². The van der Waals surface area contributed by atoms with Gasteiger partial charge in [0.15, 0.2) is 4.77 Å². The molecule has 15 heavy (non-hydrogen) atoms. The standard InChI is InChI=1S/C10H15N3OS/c1-4-5-11-8-6-13(7(2)3)10(15)12-9(8)14/h4,6-7,11H,1,5H2,2-3H3,(H,12,14,15). The van der Waals surface area contributed by atoms with E-state index in [4.69, 9.17) is 12.2 Å². The molecule has 1 aromatic rings. The van der Waals surface area contributed by atoms with Crippen molar-refractivity contribution in [2.24, 2.45) is 0 Å². The molecule has 0 fully saturated rings. The average Bonchev–Trinajstić information content (AvgIpc) is 2.16. The van der Waals surface area contributed by atoms with E-state index in [0.29, 0.717) is 17.0 Å². The van der Waals surface area contributed by atoms with Crippen LogP contribution in [0, 0.1) is 4.77 Å². The SMILES string of the molecule is C=CCNc1cn(C(C)C)c(=S)[nH]c1=O. The molecule has 0 radical (unpaired) electrons. The second-order valence-electron chi connectivity index (χ2n) is 3.47. The van der Waals surface area contributed by atoms with Gasteiger partial charge in [-0.05, 0) is 26.1 Å². The van der Waals surface area contributed by atoms with E-state index in [1.165, 1.54) is 0 Å². The third-order valence-corrected chi connectivity index (χ3v) is 2.27. The number of nitrogens with zero attached hydrogens (tertiary/aromatic N) is 1. The Balaban J connectivity index is 3.17. The van der Waals surface area contributed by atoms with Crippen molar-refractivity contribution in [1.29, 1.82) is 0 Å². The van der Waals surface area contributed by atoms with Crippen LogP contribution in [0.1, 0.15) is 19.9 Å². The fraction of sp³-hybridized carbons (Fsp3) is 0.400. The molecule has 0 aliphatic carbocycles. The number of rotatable bonds is 4. The Morgan fingerprint density at radius 3 is 2.93 bits per heavy atom. The van der Waals surface area contributed by atoms with Crippen molar-refractivity contribution in [2.45, 2.75) is 19.9 Å². The molecule has 82 valence electrons. The largest absolute Gasteiger partial charge is 0.376 e. The van der Waals surface area contributed by atoms with E-state index in [-0.39, 0.29) is 11.6 Å². The van der Waals surface area contributed by atoms with Gasteiger partial charge in [-0.2, -0.15) is 0 Å². The fourth-order valence-corrected chi connectivity index (χ4v) is 1.53. The predicted molar refractivity (Wildman–Crippen MR) is 65.0 cm³/mol. The summed E-state index contributed by atoms with van der Waals surface area (Å²) in [7, 11) is 0. The molecule has 2 N–H and O–H groups in total. The van der Waals surface area contributed by atoms with Gasteiger partial charge in [-0.1, -0.05) is 6.08 Å². The van der Waals surface area contributed by atoms with Crippen molar-refractivity contribution in [1.82, 2.24) is 9.55 Å². The summed E-state index contributed by atoms with van der Waals surface area (Å²) in [5.74, 6) is 0. The molecule has 1 heterocycles. The summed E-state index contributed by atoms with van der Waals surface area (Å²) in [6, 6.07) is 0.221. The molecule has 0 saturated carbocycles. The zero-order valence-corrected chi connectivity index (χ0v) is 9.73. The van der Waals surface area contributed by atoms with E-state index in [1.54, 1.807) is 12.3 Å². The Hall–Kier alpha value is -1.36. The predicted octanol–water partition coefficient (Wildman–Crippen LogP) is 2.08. The normalized spacial score (nSPS) is 10.3. The minimum Gasteiger partial charge on any atom is -0.376 e. The van der Waals surface area contributed by atoms with Crippen LogP contribution in [0.4, 0.5) is 5.69 Å². The molecule has 0 amide bonds. The summed E-state index contributed by atoms with van der Waals surface area (Å²) < 4.78 is 2.28. The van der Waals surface area contributed by atoms with E-state index >= 15 is 0 Å². The first kappa shape index (κ1) is 11.7. The zero-order chi connectivity index (χ0) is 11.4. The summed E-state index contributed by atoms with van der Waals surface area (Å²) in [5, 5.41) is 2.96. The summed E-state index contributed by atoms with van der Waals surface area (Å²) in [5.41, 5.74) is 0.316. The average molecular weight is 225 g/mol. The minimum absolute atomic E-state index is 0.196. The zero-order valence-electron chi connectivity index (χ0n) is 8.91. The molecular weight excluding hydrogens is 210 g/mol. The van der Waals surface area contributed by atoms with Crippen LogP contribution < -0.4 is 10.9 Å². The van der Waals surface area contributed by atoms with Crippen molar-refractivity contribution in [3.63, 3.8) is 0 Å². The molecule has 0 bridgehead atoms. The van der Waals surface area contributed by atoms with Crippen molar-refractivity contribution in [3.05, 3.63) is 34.0 Å². The maximum Gasteiger partial charge on any atom is 0.275 e. The Morgan fingerprint density at radius 1 is 1.73 bits per heavy atom. The molecule has 0 atom stereocenters. The van der Waals surface area contributed by atoms with E-state index in [2.05, 4.69) is 16.9 Å². The topological polar surface area (TPSA) is 49.8 Å². The van der Waals surface area contributed by atoms with Crippen LogP contribution in [0.25, 0.3) is 0 Å². The molecule has 4 nitrogen and oxygen atoms in total. The number of nitrogens with one attached hydrogen (secondary N) is 2. The molecule has 0 aromatic carbocycles. The highest BCUT2D eigenvalue weighted by molar-refractivity contribution is 7.71. The molecule has 0 unspecified atom stereocenters. The number of aromatic nitrogens is 2. The summed E-state index contributed by atoms with van der Waals surface area (Å²) in [6.07, 6.45) is 3.43. The van der Waals surface area contributed by atoms with Crippen molar-refractivity contribution >= 4 is 17.9 Å². The number of hydrogen-bond acceptors (Lipinski definition) is 3. The highest BCUT2D eigenvalue weighted by Gasteiger charge is 2.03. The minimum atomic E-state index is -0.196. The summed E-state index contributed by atoms with van der Waals surface area (Å²) in [6.45, 7) is 8.14. The van der Waals surface area contributed by atoms with Gasteiger partial charge in [0, 0.05) is 18.8 Å². The first-order valence-corrected chi connectivity index (χ1v) is 5.17. The summed E-state index contributed by atoms with van der Waals surface area (Å²) in [4.78, 5) is 14.1. The lowest BCUT2D eigenvalue weighted by atomic mass is 10.4. The Morgan fingerprint density at radius 2 is 2.40 bits per heavy atom. The van der Waals surface area contributed by atoms with Crippen LogP contribution in [0.15, 0.2) is 23.6 Å². The van der Waals surface area contributed by atoms with Crippen molar-refractivity contribution in [2.75, 3.05) is 11.9 Å². The van der Waals surface area contributed by atoms with E-state index in [0.717, 1.165) is 0 Å². The molecule has 1 aromatic heterocycles. The van der Waals surface area contributed by atoms with Gasteiger partial charge in [0.25, 0.3) is 5.56 Å². The van der Waals surface area contributed by atoms with Crippen LogP contribution in [0.3, 0.4) is 0 Å². The first-order chi connectivity index (χ1) is 7.06. The lowest BCUT2D eigenvalue weighted by Gasteiger charge is -2.12. The van der Waals surface area contributed by atoms with Gasteiger partial charge in [0.2, 0.25) is 0 Å². The van der Waals surface area contributed by atoms with Gasteiger partial charge < -0.3 is 9.88 Å². The van der Waals surface area contributed by atoms with E-state index in [1.807, 2.05) is 18.4 Å². The number of H-pyrrole nitrogens is 1. The highest BCUT2D eigenvalue weighted by Crippen LogP contribution is 2.06. The van der Waals surface area contributed by atoms with Crippen LogP contribution >= 0.6 is 12.2 Å². The second kappa shape index (κ2) is 4.93. The number of hydrogen-bond donors (Lipinski definition) is 2. The highest BCUT2D eigenvalue weighted by atomic mass is 32.1. The molecule has 0 aliphatic heterocycles. The molecule has 0 spiro atoms. The second-order valence-corrected chi connectivity index (χ2v) is 3.86. The van der Waals surface area contributed by atoms with Crippen LogP contribution in [-0.2, 0) is 0 Å². The van der Waals surface area contributed by atoms with E-state index in [9.17, 15) is 4.79 Å². The maximum atomic E-state index is 11.5. The lowest BCUT2D eigenvalue weighted by molar-refractivity contribution is 0.576. The lowest BCUT2D eigenvalue weighted by Crippen LogP contribution is -2.19. The van der Waals surface area contributed by atoms with Crippen molar-refractivity contribution in [3.8, 4) is 0 Å². The molecular formula is C10H15N3OS. The fourth-order valence-electron chi connectivity index (χ4n) is 1.18. The Kier molecular flexibility index (Phi) is 3.85. The monoisotopic (exact) mass is 225 g/mol. The number of anilines is 1. The maximum absolute atomic E-state index is 11.5. The van der Waals surface area contributed by atoms with Crippen LogP contribution in [0.2, 0.25) is 0 Å². The molecule has 1 rings (SSSR count). The smallest absolute Gasteiger partial charge is 0.275 e. The first-order valence-electron chi connectivity index (χ1n) is 4.76. The quantitative estimate of drug-likeness (QED) is 0.609. The molecule has 5 heteroatoms. The molecule has 0 aliphatic rings.